The van der Waals surface area contributed by atoms with E-state index >= 15 is 0 Å². The molecule has 0 aliphatic carbocycles. The number of ether oxygens (including phenoxy) is 1. The van der Waals surface area contributed by atoms with Crippen LogP contribution in [0.5, 0.6) is 5.75 Å². The first kappa shape index (κ1) is 13.5. The maximum atomic E-state index is 11.7. The maximum Gasteiger partial charge on any atom is 0.326 e. The number of hydrogen-bond donors (Lipinski definition) is 3. The minimum Gasteiger partial charge on any atom is -0.495 e. The molecular formula is C10H13NO5S. The molecule has 1 aromatic rings. The van der Waals surface area contributed by atoms with Crippen molar-refractivity contribution in [3.8, 4) is 5.75 Å². The summed E-state index contributed by atoms with van der Waals surface area (Å²) in [6.07, 6.45) is -0.0330. The van der Waals surface area contributed by atoms with Crippen LogP contribution in [0.15, 0.2) is 11.4 Å². The molecule has 6 nitrogen and oxygen atoms in total. The highest BCUT2D eigenvalue weighted by Gasteiger charge is 2.22. The van der Waals surface area contributed by atoms with Crippen LogP contribution in [0, 0.1) is 0 Å². The number of hydrogen-bond acceptors (Lipinski definition) is 5. The monoisotopic (exact) mass is 259 g/mol. The van der Waals surface area contributed by atoms with Crippen LogP contribution < -0.4 is 10.1 Å². The lowest BCUT2D eigenvalue weighted by Crippen LogP contribution is -2.41. The molecular weight excluding hydrogens is 246 g/mol. The summed E-state index contributed by atoms with van der Waals surface area (Å²) >= 11 is 1.16. The van der Waals surface area contributed by atoms with E-state index in [0.717, 1.165) is 11.3 Å². The quantitative estimate of drug-likeness (QED) is 0.684. The molecule has 0 saturated carbocycles. The molecule has 1 atom stereocenters. The Hall–Kier alpha value is -1.60. The fourth-order valence-electron chi connectivity index (χ4n) is 1.23. The number of rotatable bonds is 6. The first-order valence-corrected chi connectivity index (χ1v) is 5.74. The highest BCUT2D eigenvalue weighted by atomic mass is 32.1. The first-order valence-electron chi connectivity index (χ1n) is 4.86. The van der Waals surface area contributed by atoms with Gasteiger partial charge in [0.2, 0.25) is 0 Å². The number of aliphatic hydroxyl groups excluding tert-OH is 1. The van der Waals surface area contributed by atoms with Crippen molar-refractivity contribution in [3.63, 3.8) is 0 Å². The van der Waals surface area contributed by atoms with Crippen LogP contribution in [0.25, 0.3) is 0 Å². The topological polar surface area (TPSA) is 95.9 Å². The van der Waals surface area contributed by atoms with Crippen LogP contribution in [-0.2, 0) is 4.79 Å². The van der Waals surface area contributed by atoms with Crippen molar-refractivity contribution in [2.75, 3.05) is 13.7 Å². The van der Waals surface area contributed by atoms with Gasteiger partial charge in [0, 0.05) is 13.0 Å². The Balaban J connectivity index is 2.73. The van der Waals surface area contributed by atoms with E-state index in [2.05, 4.69) is 5.32 Å². The number of carbonyl (C=O) groups excluding carboxylic acids is 1. The average molecular weight is 259 g/mol. The molecule has 0 fully saturated rings. The summed E-state index contributed by atoms with van der Waals surface area (Å²) in [5.41, 5.74) is 0. The number of nitrogens with one attached hydrogen (secondary N) is 1. The zero-order valence-corrected chi connectivity index (χ0v) is 9.99. The van der Waals surface area contributed by atoms with Gasteiger partial charge in [-0.2, -0.15) is 0 Å². The lowest BCUT2D eigenvalue weighted by atomic mass is 10.2. The highest BCUT2D eigenvalue weighted by Crippen LogP contribution is 2.24. The molecule has 0 aromatic carbocycles. The Bertz CT molecular complexity index is 403. The molecule has 1 amide bonds. The zero-order valence-electron chi connectivity index (χ0n) is 9.17. The van der Waals surface area contributed by atoms with Crippen molar-refractivity contribution < 1.29 is 24.5 Å². The predicted molar refractivity (Wildman–Crippen MR) is 61.5 cm³/mol. The van der Waals surface area contributed by atoms with E-state index < -0.39 is 17.9 Å². The summed E-state index contributed by atoms with van der Waals surface area (Å²) in [5, 5.41) is 21.5. The smallest absolute Gasteiger partial charge is 0.326 e. The first-order chi connectivity index (χ1) is 8.10. The molecule has 3 N–H and O–H groups in total. The lowest BCUT2D eigenvalue weighted by Gasteiger charge is -2.12. The third-order valence-corrected chi connectivity index (χ3v) is 2.97. The Morgan fingerprint density at radius 2 is 2.29 bits per heavy atom. The second-order valence-corrected chi connectivity index (χ2v) is 4.11. The normalized spacial score (nSPS) is 11.9. The van der Waals surface area contributed by atoms with E-state index in [1.807, 2.05) is 0 Å². The summed E-state index contributed by atoms with van der Waals surface area (Å²) in [6, 6.07) is 0.529. The van der Waals surface area contributed by atoms with Crippen molar-refractivity contribution in [1.29, 1.82) is 0 Å². The molecule has 1 rings (SSSR count). The fourth-order valence-corrected chi connectivity index (χ4v) is 2.00. The minimum atomic E-state index is -1.18. The van der Waals surface area contributed by atoms with Gasteiger partial charge in [-0.1, -0.05) is 0 Å². The summed E-state index contributed by atoms with van der Waals surface area (Å²) in [5.74, 6) is -1.29. The number of amides is 1. The molecule has 0 spiro atoms. The highest BCUT2D eigenvalue weighted by molar-refractivity contribution is 7.12. The van der Waals surface area contributed by atoms with Gasteiger partial charge in [0.1, 0.15) is 16.7 Å². The van der Waals surface area contributed by atoms with Crippen LogP contribution in [-0.4, -0.2) is 41.8 Å². The molecule has 94 valence electrons. The van der Waals surface area contributed by atoms with Crippen molar-refractivity contribution in [2.24, 2.45) is 0 Å². The number of methoxy groups -OCH3 is 1. The van der Waals surface area contributed by atoms with Crippen molar-refractivity contribution in [2.45, 2.75) is 12.5 Å². The zero-order chi connectivity index (χ0) is 12.8. The number of carboxylic acids is 1. The Morgan fingerprint density at radius 3 is 2.82 bits per heavy atom. The van der Waals surface area contributed by atoms with E-state index in [-0.39, 0.29) is 13.0 Å². The molecule has 0 bridgehead atoms. The summed E-state index contributed by atoms with van der Waals surface area (Å²) < 4.78 is 4.96. The average Bonchev–Trinajstić information content (AvgIpc) is 2.76. The van der Waals surface area contributed by atoms with E-state index in [9.17, 15) is 9.59 Å². The molecule has 17 heavy (non-hydrogen) atoms. The van der Waals surface area contributed by atoms with Crippen LogP contribution in [0.3, 0.4) is 0 Å². The van der Waals surface area contributed by atoms with E-state index in [1.165, 1.54) is 7.11 Å². The van der Waals surface area contributed by atoms with Gasteiger partial charge >= 0.3 is 5.97 Å². The Kier molecular flexibility index (Phi) is 4.92. The third-order valence-electron chi connectivity index (χ3n) is 2.08. The second kappa shape index (κ2) is 6.21. The molecule has 1 heterocycles. The number of carbonyl (C=O) groups is 2. The fraction of sp³-hybridized carbons (Fsp3) is 0.400. The van der Waals surface area contributed by atoms with E-state index in [4.69, 9.17) is 14.9 Å². The summed E-state index contributed by atoms with van der Waals surface area (Å²) in [6.45, 7) is -0.307. The molecule has 1 unspecified atom stereocenters. The Morgan fingerprint density at radius 1 is 1.59 bits per heavy atom. The van der Waals surface area contributed by atoms with Gasteiger partial charge in [0.15, 0.2) is 0 Å². The largest absolute Gasteiger partial charge is 0.495 e. The number of aliphatic hydroxyl groups is 1. The van der Waals surface area contributed by atoms with Crippen molar-refractivity contribution >= 4 is 23.2 Å². The van der Waals surface area contributed by atoms with Crippen LogP contribution in [0.2, 0.25) is 0 Å². The van der Waals surface area contributed by atoms with Crippen LogP contribution in [0.1, 0.15) is 16.1 Å². The molecule has 0 saturated heterocycles. The molecule has 0 aliphatic rings. The van der Waals surface area contributed by atoms with Gasteiger partial charge in [-0.05, 0) is 11.4 Å². The Labute approximate surface area is 102 Å². The van der Waals surface area contributed by atoms with Crippen LogP contribution >= 0.6 is 11.3 Å². The SMILES string of the molecule is COc1ccsc1C(=O)NC(CCO)C(=O)O. The van der Waals surface area contributed by atoms with Gasteiger partial charge in [0.25, 0.3) is 5.91 Å². The second-order valence-electron chi connectivity index (χ2n) is 3.19. The van der Waals surface area contributed by atoms with E-state index in [1.54, 1.807) is 11.4 Å². The van der Waals surface area contributed by atoms with Gasteiger partial charge in [-0.3, -0.25) is 4.79 Å². The predicted octanol–water partition coefficient (Wildman–Crippen LogP) is 0.322. The molecule has 0 aliphatic heterocycles. The molecule has 7 heteroatoms. The van der Waals surface area contributed by atoms with Crippen molar-refractivity contribution in [3.05, 3.63) is 16.3 Å². The lowest BCUT2D eigenvalue weighted by molar-refractivity contribution is -0.139. The van der Waals surface area contributed by atoms with Gasteiger partial charge in [-0.25, -0.2) is 4.79 Å². The van der Waals surface area contributed by atoms with Gasteiger partial charge in [-0.15, -0.1) is 11.3 Å². The van der Waals surface area contributed by atoms with E-state index in [0.29, 0.717) is 10.6 Å². The van der Waals surface area contributed by atoms with Gasteiger partial charge < -0.3 is 20.3 Å². The molecule has 1 aromatic heterocycles. The van der Waals surface area contributed by atoms with Gasteiger partial charge in [0.05, 0.1) is 7.11 Å². The third kappa shape index (κ3) is 3.43. The summed E-state index contributed by atoms with van der Waals surface area (Å²) in [4.78, 5) is 22.9. The number of carboxylic acid groups (broad SMARTS) is 1. The van der Waals surface area contributed by atoms with Crippen molar-refractivity contribution in [1.82, 2.24) is 5.32 Å². The minimum absolute atomic E-state index is 0.0330. The number of aliphatic carboxylic acids is 1. The molecule has 0 radical (unpaired) electrons. The maximum absolute atomic E-state index is 11.7. The standard InChI is InChI=1S/C10H13NO5S/c1-16-7-3-5-17-8(7)9(13)11-6(2-4-12)10(14)15/h3,5-6,12H,2,4H2,1H3,(H,11,13)(H,14,15). The number of thiophene rings is 1. The van der Waals surface area contributed by atoms with Crippen LogP contribution in [0.4, 0.5) is 0 Å². The summed E-state index contributed by atoms with van der Waals surface area (Å²) in [7, 11) is 1.43.